The fraction of sp³-hybridized carbons (Fsp3) is 0.381. The summed E-state index contributed by atoms with van der Waals surface area (Å²) in [5, 5.41) is 14.5. The summed E-state index contributed by atoms with van der Waals surface area (Å²) >= 11 is 0. The second kappa shape index (κ2) is 6.88. The molecule has 8 heteroatoms. The van der Waals surface area contributed by atoms with E-state index in [1.54, 1.807) is 24.5 Å². The lowest BCUT2D eigenvalue weighted by Gasteiger charge is -2.38. The van der Waals surface area contributed by atoms with Gasteiger partial charge in [-0.3, -0.25) is 9.97 Å². The van der Waals surface area contributed by atoms with Crippen LogP contribution in [-0.4, -0.2) is 51.4 Å². The van der Waals surface area contributed by atoms with Crippen LogP contribution in [0.4, 0.5) is 14.6 Å². The van der Waals surface area contributed by atoms with Gasteiger partial charge in [0.1, 0.15) is 23.6 Å². The Morgan fingerprint density at radius 3 is 2.76 bits per heavy atom. The molecule has 0 aliphatic carbocycles. The van der Waals surface area contributed by atoms with Gasteiger partial charge < -0.3 is 15.3 Å². The lowest BCUT2D eigenvalue weighted by atomic mass is 9.96. The molecule has 29 heavy (non-hydrogen) atoms. The summed E-state index contributed by atoms with van der Waals surface area (Å²) in [7, 11) is 1.84. The van der Waals surface area contributed by atoms with Crippen LogP contribution in [0.5, 0.6) is 5.75 Å². The van der Waals surface area contributed by atoms with Crippen LogP contribution in [0.3, 0.4) is 0 Å². The number of benzene rings is 1. The molecule has 0 saturated carbocycles. The van der Waals surface area contributed by atoms with Crippen molar-refractivity contribution in [3.05, 3.63) is 42.7 Å². The van der Waals surface area contributed by atoms with Crippen LogP contribution in [-0.2, 0) is 0 Å². The maximum Gasteiger partial charge on any atom is 0.149 e. The van der Waals surface area contributed by atoms with Crippen LogP contribution in [0.1, 0.15) is 19.3 Å². The first-order valence-corrected chi connectivity index (χ1v) is 9.73. The number of nitrogens with zero attached hydrogens (tertiary/aromatic N) is 4. The predicted molar refractivity (Wildman–Crippen MR) is 106 cm³/mol. The van der Waals surface area contributed by atoms with E-state index in [0.29, 0.717) is 33.9 Å². The Hall–Kier alpha value is -2.87. The van der Waals surface area contributed by atoms with Crippen molar-refractivity contribution in [2.45, 2.75) is 43.6 Å². The highest BCUT2D eigenvalue weighted by Gasteiger charge is 2.43. The Morgan fingerprint density at radius 1 is 1.10 bits per heavy atom. The normalized spacial score (nSPS) is 26.0. The minimum Gasteiger partial charge on any atom is -0.507 e. The number of pyridine rings is 1. The number of fused-ring (bicyclic) bond motifs is 3. The van der Waals surface area contributed by atoms with E-state index in [1.807, 2.05) is 11.9 Å². The fourth-order valence-corrected chi connectivity index (χ4v) is 4.56. The van der Waals surface area contributed by atoms with Crippen LogP contribution in [0, 0.1) is 5.82 Å². The molecule has 2 aliphatic heterocycles. The summed E-state index contributed by atoms with van der Waals surface area (Å²) < 4.78 is 28.7. The maximum atomic E-state index is 14.8. The number of nitrogens with one attached hydrogen (secondary N) is 1. The number of hydrogen-bond donors (Lipinski definition) is 2. The van der Waals surface area contributed by atoms with Gasteiger partial charge in [-0.2, -0.15) is 0 Å². The number of rotatable bonds is 3. The molecular formula is C21H21F2N5O. The van der Waals surface area contributed by atoms with E-state index in [4.69, 9.17) is 0 Å². The SMILES string of the molecule is CN(c1cnc(-c2ccc3c(F)cncc3c2O)cn1)[C@H]1C[C@@H]2CCC(N2)[C@H]1F. The van der Waals surface area contributed by atoms with E-state index in [1.165, 1.54) is 6.20 Å². The third-order valence-electron chi connectivity index (χ3n) is 6.19. The summed E-state index contributed by atoms with van der Waals surface area (Å²) in [6.45, 7) is 0. The summed E-state index contributed by atoms with van der Waals surface area (Å²) in [5.74, 6) is -0.0107. The molecule has 2 saturated heterocycles. The third-order valence-corrected chi connectivity index (χ3v) is 6.19. The molecule has 0 spiro atoms. The number of phenolic OH excluding ortho intramolecular Hbond substituents is 1. The van der Waals surface area contributed by atoms with E-state index in [0.717, 1.165) is 25.5 Å². The minimum atomic E-state index is -0.952. The number of aromatic nitrogens is 3. The second-order valence-corrected chi connectivity index (χ2v) is 7.84. The van der Waals surface area contributed by atoms with Gasteiger partial charge in [-0.25, -0.2) is 13.8 Å². The Balaban J connectivity index is 1.43. The van der Waals surface area contributed by atoms with Gasteiger partial charge in [0, 0.05) is 41.7 Å². The number of aromatic hydroxyl groups is 1. The standard InChI is InChI=1S/C21H21F2N5O/c1-28(18-6-11-2-5-16(27-11)20(18)23)19-10-25-17(9-26-19)13-4-3-12-14(21(13)29)7-24-8-15(12)22/h3-4,7-11,16,18,20,27,29H,2,5-6H2,1H3/t11-,16?,18-,20+/m0/s1. The zero-order valence-corrected chi connectivity index (χ0v) is 15.9. The number of hydrogen-bond acceptors (Lipinski definition) is 6. The maximum absolute atomic E-state index is 14.8. The van der Waals surface area contributed by atoms with Gasteiger partial charge in [-0.05, 0) is 25.3 Å². The molecule has 1 aromatic carbocycles. The van der Waals surface area contributed by atoms with Crippen molar-refractivity contribution in [1.29, 1.82) is 0 Å². The van der Waals surface area contributed by atoms with Crippen molar-refractivity contribution in [2.24, 2.45) is 0 Å². The zero-order chi connectivity index (χ0) is 20.1. The van der Waals surface area contributed by atoms with E-state index < -0.39 is 12.0 Å². The molecule has 150 valence electrons. The smallest absolute Gasteiger partial charge is 0.149 e. The van der Waals surface area contributed by atoms with Crippen LogP contribution in [0.2, 0.25) is 0 Å². The molecule has 2 fully saturated rings. The van der Waals surface area contributed by atoms with Gasteiger partial charge in [0.2, 0.25) is 0 Å². The van der Waals surface area contributed by atoms with Crippen LogP contribution in [0.15, 0.2) is 36.9 Å². The highest BCUT2D eigenvalue weighted by Crippen LogP contribution is 2.36. The van der Waals surface area contributed by atoms with E-state index in [2.05, 4.69) is 20.3 Å². The highest BCUT2D eigenvalue weighted by atomic mass is 19.1. The van der Waals surface area contributed by atoms with Crippen molar-refractivity contribution >= 4 is 16.6 Å². The lowest BCUT2D eigenvalue weighted by molar-refractivity contribution is 0.176. The Kier molecular flexibility index (Phi) is 4.31. The van der Waals surface area contributed by atoms with Gasteiger partial charge in [-0.1, -0.05) is 6.07 Å². The van der Waals surface area contributed by atoms with E-state index in [9.17, 15) is 13.9 Å². The largest absolute Gasteiger partial charge is 0.507 e. The van der Waals surface area contributed by atoms with Crippen LogP contribution < -0.4 is 10.2 Å². The first-order chi connectivity index (χ1) is 14.0. The molecular weight excluding hydrogens is 376 g/mol. The van der Waals surface area contributed by atoms with Crippen LogP contribution in [0.25, 0.3) is 22.0 Å². The highest BCUT2D eigenvalue weighted by molar-refractivity contribution is 5.93. The molecule has 2 N–H and O–H groups in total. The van der Waals surface area contributed by atoms with Gasteiger partial charge >= 0.3 is 0 Å². The molecule has 4 atom stereocenters. The average molecular weight is 397 g/mol. The Labute approximate surface area is 166 Å². The lowest BCUT2D eigenvalue weighted by Crippen LogP contribution is -2.55. The zero-order valence-electron chi connectivity index (χ0n) is 15.9. The van der Waals surface area contributed by atoms with Crippen molar-refractivity contribution in [2.75, 3.05) is 11.9 Å². The summed E-state index contributed by atoms with van der Waals surface area (Å²) in [6, 6.07) is 3.22. The molecule has 2 aliphatic rings. The number of phenols is 1. The molecule has 2 bridgehead atoms. The van der Waals surface area contributed by atoms with Crippen LogP contribution >= 0.6 is 0 Å². The van der Waals surface area contributed by atoms with Crippen molar-refractivity contribution in [3.63, 3.8) is 0 Å². The van der Waals surface area contributed by atoms with Gasteiger partial charge in [0.15, 0.2) is 0 Å². The fourth-order valence-electron chi connectivity index (χ4n) is 4.56. The molecule has 4 heterocycles. The predicted octanol–water partition coefficient (Wildman–Crippen LogP) is 3.20. The summed E-state index contributed by atoms with van der Waals surface area (Å²) in [6.07, 6.45) is 7.32. The van der Waals surface area contributed by atoms with Gasteiger partial charge in [-0.15, -0.1) is 0 Å². The third kappa shape index (κ3) is 2.98. The summed E-state index contributed by atoms with van der Waals surface area (Å²) in [5.41, 5.74) is 0.892. The molecule has 0 amide bonds. The molecule has 5 rings (SSSR count). The second-order valence-electron chi connectivity index (χ2n) is 7.84. The number of anilines is 1. The molecule has 0 radical (unpaired) electrons. The Morgan fingerprint density at radius 2 is 1.97 bits per heavy atom. The van der Waals surface area contributed by atoms with E-state index >= 15 is 0 Å². The first kappa shape index (κ1) is 18.2. The number of piperidine rings is 1. The molecule has 1 unspecified atom stereocenters. The quantitative estimate of drug-likeness (QED) is 0.707. The monoisotopic (exact) mass is 397 g/mol. The summed E-state index contributed by atoms with van der Waals surface area (Å²) in [4.78, 5) is 14.5. The Bertz CT molecular complexity index is 1060. The molecule has 2 aromatic heterocycles. The van der Waals surface area contributed by atoms with E-state index in [-0.39, 0.29) is 17.8 Å². The number of halogens is 2. The van der Waals surface area contributed by atoms with Crippen molar-refractivity contribution < 1.29 is 13.9 Å². The van der Waals surface area contributed by atoms with Gasteiger partial charge in [0.25, 0.3) is 0 Å². The molecule has 3 aromatic rings. The van der Waals surface area contributed by atoms with Crippen molar-refractivity contribution in [3.8, 4) is 17.0 Å². The topological polar surface area (TPSA) is 74.2 Å². The van der Waals surface area contributed by atoms with Gasteiger partial charge in [0.05, 0.1) is 30.3 Å². The minimum absolute atomic E-state index is 0.0861. The number of alkyl halides is 1. The average Bonchev–Trinajstić information content (AvgIpc) is 3.15. The molecule has 6 nitrogen and oxygen atoms in total. The van der Waals surface area contributed by atoms with Crippen molar-refractivity contribution in [1.82, 2.24) is 20.3 Å². The first-order valence-electron chi connectivity index (χ1n) is 9.73.